The van der Waals surface area contributed by atoms with Gasteiger partial charge in [-0.15, -0.1) is 10.2 Å². The van der Waals surface area contributed by atoms with Gasteiger partial charge in [0.15, 0.2) is 0 Å². The van der Waals surface area contributed by atoms with Crippen LogP contribution in [-0.2, 0) is 18.4 Å². The van der Waals surface area contributed by atoms with E-state index in [0.29, 0.717) is 6.54 Å². The Bertz CT molecular complexity index is 441. The second-order valence-electron chi connectivity index (χ2n) is 5.66. The van der Waals surface area contributed by atoms with Crippen molar-refractivity contribution in [2.45, 2.75) is 39.3 Å². The topological polar surface area (TPSA) is 71.2 Å². The van der Waals surface area contributed by atoms with Crippen LogP contribution in [0.15, 0.2) is 6.33 Å². The van der Waals surface area contributed by atoms with Gasteiger partial charge in [0, 0.05) is 7.05 Å². The van der Waals surface area contributed by atoms with E-state index in [9.17, 15) is 9.90 Å². The summed E-state index contributed by atoms with van der Waals surface area (Å²) in [6.07, 6.45) is 3.61. The molecule has 1 unspecified atom stereocenters. The lowest BCUT2D eigenvalue weighted by atomic mass is 9.76. The summed E-state index contributed by atoms with van der Waals surface area (Å²) in [7, 11) is 1.88. The van der Waals surface area contributed by atoms with Crippen LogP contribution in [-0.4, -0.2) is 43.3 Å². The van der Waals surface area contributed by atoms with Gasteiger partial charge in [-0.05, 0) is 24.8 Å². The first-order chi connectivity index (χ1) is 8.42. The van der Waals surface area contributed by atoms with Crippen molar-refractivity contribution in [2.75, 3.05) is 6.54 Å². The monoisotopic (exact) mass is 252 g/mol. The molecule has 2 heterocycles. The van der Waals surface area contributed by atoms with Gasteiger partial charge in [-0.25, -0.2) is 0 Å². The van der Waals surface area contributed by atoms with Crippen molar-refractivity contribution < 1.29 is 9.90 Å². The zero-order valence-electron chi connectivity index (χ0n) is 11.1. The van der Waals surface area contributed by atoms with Crippen LogP contribution in [0.25, 0.3) is 0 Å². The van der Waals surface area contributed by atoms with Crippen LogP contribution in [0.4, 0.5) is 0 Å². The number of likely N-dealkylation sites (tertiary alicyclic amines) is 1. The lowest BCUT2D eigenvalue weighted by molar-refractivity contribution is -0.151. The van der Waals surface area contributed by atoms with Gasteiger partial charge < -0.3 is 9.67 Å². The summed E-state index contributed by atoms with van der Waals surface area (Å²) in [5, 5.41) is 17.3. The number of carboxylic acid groups (broad SMARTS) is 1. The van der Waals surface area contributed by atoms with Crippen LogP contribution in [0.3, 0.4) is 0 Å². The Balaban J connectivity index is 2.20. The molecule has 18 heavy (non-hydrogen) atoms. The normalized spacial score (nSPS) is 24.1. The van der Waals surface area contributed by atoms with Gasteiger partial charge in [0.25, 0.3) is 0 Å². The Morgan fingerprint density at radius 1 is 1.61 bits per heavy atom. The highest BCUT2D eigenvalue weighted by Gasteiger charge is 2.42. The molecule has 1 saturated heterocycles. The molecule has 0 aliphatic carbocycles. The minimum absolute atomic E-state index is 0.206. The summed E-state index contributed by atoms with van der Waals surface area (Å²) in [5.41, 5.74) is -0.206. The van der Waals surface area contributed by atoms with Crippen LogP contribution in [0.1, 0.15) is 32.5 Å². The predicted molar refractivity (Wildman–Crippen MR) is 65.9 cm³/mol. The fourth-order valence-corrected chi connectivity index (χ4v) is 2.79. The minimum Gasteiger partial charge on any atom is -0.480 e. The lowest BCUT2D eigenvalue weighted by Crippen LogP contribution is -2.53. The maximum absolute atomic E-state index is 11.5. The molecule has 1 fully saturated rings. The second kappa shape index (κ2) is 4.68. The van der Waals surface area contributed by atoms with E-state index in [-0.39, 0.29) is 5.41 Å². The lowest BCUT2D eigenvalue weighted by Gasteiger charge is -2.43. The molecule has 1 N–H and O–H groups in total. The van der Waals surface area contributed by atoms with Crippen molar-refractivity contribution in [3.8, 4) is 0 Å². The summed E-state index contributed by atoms with van der Waals surface area (Å²) in [4.78, 5) is 13.5. The zero-order valence-corrected chi connectivity index (χ0v) is 11.1. The van der Waals surface area contributed by atoms with Gasteiger partial charge in [0.05, 0.1) is 6.54 Å². The predicted octanol–water partition coefficient (Wildman–Crippen LogP) is 0.890. The van der Waals surface area contributed by atoms with Crippen LogP contribution in [0.2, 0.25) is 0 Å². The Kier molecular flexibility index (Phi) is 3.38. The Hall–Kier alpha value is -1.43. The molecular formula is C12H20N4O2. The quantitative estimate of drug-likeness (QED) is 0.865. The smallest absolute Gasteiger partial charge is 0.321 e. The Labute approximate surface area is 107 Å². The number of carbonyl (C=O) groups is 1. The third kappa shape index (κ3) is 2.38. The third-order valence-corrected chi connectivity index (χ3v) is 3.76. The fraction of sp³-hybridized carbons (Fsp3) is 0.750. The average molecular weight is 252 g/mol. The molecule has 0 radical (unpaired) electrons. The second-order valence-corrected chi connectivity index (χ2v) is 5.66. The zero-order chi connectivity index (χ0) is 13.3. The maximum atomic E-state index is 11.5. The molecule has 1 aliphatic rings. The highest BCUT2D eigenvalue weighted by atomic mass is 16.4. The molecular weight excluding hydrogens is 232 g/mol. The molecule has 1 aromatic heterocycles. The highest BCUT2D eigenvalue weighted by Crippen LogP contribution is 2.35. The number of carboxylic acids is 1. The number of hydrogen-bond donors (Lipinski definition) is 1. The van der Waals surface area contributed by atoms with Gasteiger partial charge in [-0.1, -0.05) is 13.8 Å². The number of piperidine rings is 1. The number of aliphatic carboxylic acids is 1. The fourth-order valence-electron chi connectivity index (χ4n) is 2.79. The summed E-state index contributed by atoms with van der Waals surface area (Å²) < 4.78 is 1.83. The molecule has 0 saturated carbocycles. The van der Waals surface area contributed by atoms with Crippen LogP contribution >= 0.6 is 0 Å². The van der Waals surface area contributed by atoms with Crippen molar-refractivity contribution in [2.24, 2.45) is 12.5 Å². The maximum Gasteiger partial charge on any atom is 0.321 e. The van der Waals surface area contributed by atoms with E-state index in [2.05, 4.69) is 10.2 Å². The first-order valence-electron chi connectivity index (χ1n) is 6.21. The van der Waals surface area contributed by atoms with Crippen molar-refractivity contribution in [3.63, 3.8) is 0 Å². The average Bonchev–Trinajstić information content (AvgIpc) is 2.62. The van der Waals surface area contributed by atoms with Gasteiger partial charge in [-0.2, -0.15) is 0 Å². The molecule has 2 rings (SSSR count). The van der Waals surface area contributed by atoms with E-state index >= 15 is 0 Å². The third-order valence-electron chi connectivity index (χ3n) is 3.76. The Morgan fingerprint density at radius 2 is 2.33 bits per heavy atom. The number of hydrogen-bond acceptors (Lipinski definition) is 4. The van der Waals surface area contributed by atoms with Crippen molar-refractivity contribution >= 4 is 5.97 Å². The van der Waals surface area contributed by atoms with E-state index in [0.717, 1.165) is 25.2 Å². The van der Waals surface area contributed by atoms with Gasteiger partial charge in [0.1, 0.15) is 18.2 Å². The Morgan fingerprint density at radius 3 is 2.89 bits per heavy atom. The molecule has 1 aliphatic heterocycles. The molecule has 0 aromatic carbocycles. The van der Waals surface area contributed by atoms with Crippen LogP contribution in [0, 0.1) is 5.41 Å². The molecule has 0 amide bonds. The SMILES string of the molecule is Cn1cnnc1CN1CCCC(C)(C)C1C(=O)O. The van der Waals surface area contributed by atoms with E-state index in [1.54, 1.807) is 6.33 Å². The number of aromatic nitrogens is 3. The molecule has 6 nitrogen and oxygen atoms in total. The van der Waals surface area contributed by atoms with Crippen molar-refractivity contribution in [1.29, 1.82) is 0 Å². The molecule has 1 atom stereocenters. The van der Waals surface area contributed by atoms with Gasteiger partial charge >= 0.3 is 5.97 Å². The minimum atomic E-state index is -0.748. The number of nitrogens with zero attached hydrogens (tertiary/aromatic N) is 4. The van der Waals surface area contributed by atoms with E-state index in [1.807, 2.05) is 30.4 Å². The number of aryl methyl sites for hydroxylation is 1. The standard InChI is InChI=1S/C12H20N4O2/c1-12(2)5-4-6-16(10(12)11(17)18)7-9-14-13-8-15(9)3/h8,10H,4-7H2,1-3H3,(H,17,18). The van der Waals surface area contributed by atoms with E-state index in [1.165, 1.54) is 0 Å². The van der Waals surface area contributed by atoms with Crippen molar-refractivity contribution in [1.82, 2.24) is 19.7 Å². The largest absolute Gasteiger partial charge is 0.480 e. The first-order valence-corrected chi connectivity index (χ1v) is 6.21. The first kappa shape index (κ1) is 13.0. The van der Waals surface area contributed by atoms with Gasteiger partial charge in [0.2, 0.25) is 0 Å². The summed E-state index contributed by atoms with van der Waals surface area (Å²) >= 11 is 0. The molecule has 6 heteroatoms. The summed E-state index contributed by atoms with van der Waals surface area (Å²) in [6, 6.07) is -0.456. The van der Waals surface area contributed by atoms with Crippen LogP contribution < -0.4 is 0 Å². The molecule has 100 valence electrons. The van der Waals surface area contributed by atoms with Crippen molar-refractivity contribution in [3.05, 3.63) is 12.2 Å². The van der Waals surface area contributed by atoms with E-state index in [4.69, 9.17) is 0 Å². The number of rotatable bonds is 3. The summed E-state index contributed by atoms with van der Waals surface area (Å²) in [5.74, 6) is 0.0563. The molecule has 1 aromatic rings. The van der Waals surface area contributed by atoms with Crippen LogP contribution in [0.5, 0.6) is 0 Å². The molecule has 0 spiro atoms. The van der Waals surface area contributed by atoms with Gasteiger partial charge in [-0.3, -0.25) is 9.69 Å². The highest BCUT2D eigenvalue weighted by molar-refractivity contribution is 5.74. The molecule has 0 bridgehead atoms. The summed E-state index contributed by atoms with van der Waals surface area (Å²) in [6.45, 7) is 5.38. The van der Waals surface area contributed by atoms with E-state index < -0.39 is 12.0 Å².